The number of nitrogens with one attached hydrogen (secondary N) is 2. The molecule has 0 aliphatic rings. The van der Waals surface area contributed by atoms with Gasteiger partial charge >= 0.3 is 0 Å². The molecule has 2 aromatic rings. The largest absolute Gasteiger partial charge is 0.497 e. The van der Waals surface area contributed by atoms with Crippen molar-refractivity contribution in [2.45, 2.75) is 0 Å². The van der Waals surface area contributed by atoms with Crippen LogP contribution in [0.15, 0.2) is 42.5 Å². The van der Waals surface area contributed by atoms with Gasteiger partial charge in [0.1, 0.15) is 11.5 Å². The van der Waals surface area contributed by atoms with E-state index in [9.17, 15) is 9.59 Å². The van der Waals surface area contributed by atoms with E-state index in [-0.39, 0.29) is 24.9 Å². The summed E-state index contributed by atoms with van der Waals surface area (Å²) in [5.74, 6) is 0.615. The van der Waals surface area contributed by atoms with Crippen LogP contribution < -0.4 is 20.1 Å². The van der Waals surface area contributed by atoms with Crippen molar-refractivity contribution in [1.29, 1.82) is 0 Å². The number of ether oxygens (including phenoxy) is 2. The van der Waals surface area contributed by atoms with Gasteiger partial charge in [-0.15, -0.1) is 0 Å². The molecule has 0 spiro atoms. The monoisotopic (exact) mass is 391 g/mol. The Morgan fingerprint density at radius 3 is 2.19 bits per heavy atom. The first-order valence-corrected chi connectivity index (χ1v) is 8.55. The van der Waals surface area contributed by atoms with Crippen molar-refractivity contribution in [3.63, 3.8) is 0 Å². The number of methoxy groups -OCH3 is 2. The summed E-state index contributed by atoms with van der Waals surface area (Å²) in [7, 11) is 4.75. The lowest BCUT2D eigenvalue weighted by Crippen LogP contribution is -2.36. The Morgan fingerprint density at radius 1 is 0.963 bits per heavy atom. The molecule has 0 atom stereocenters. The molecular formula is C19H22ClN3O4. The van der Waals surface area contributed by atoms with E-state index in [0.717, 1.165) is 0 Å². The molecule has 0 aliphatic carbocycles. The Bertz CT molecular complexity index is 796. The van der Waals surface area contributed by atoms with Crippen LogP contribution in [-0.2, 0) is 9.59 Å². The van der Waals surface area contributed by atoms with Gasteiger partial charge in [-0.2, -0.15) is 0 Å². The summed E-state index contributed by atoms with van der Waals surface area (Å²) >= 11 is 5.81. The fourth-order valence-electron chi connectivity index (χ4n) is 2.38. The number of anilines is 2. The summed E-state index contributed by atoms with van der Waals surface area (Å²) in [5, 5.41) is 6.11. The predicted octanol–water partition coefficient (Wildman–Crippen LogP) is 2.87. The number of rotatable bonds is 8. The van der Waals surface area contributed by atoms with Gasteiger partial charge in [-0.25, -0.2) is 0 Å². The third-order valence-electron chi connectivity index (χ3n) is 3.64. The highest BCUT2D eigenvalue weighted by Gasteiger charge is 2.13. The Balaban J connectivity index is 1.88. The van der Waals surface area contributed by atoms with Crippen LogP contribution in [0.3, 0.4) is 0 Å². The molecule has 2 rings (SSSR count). The zero-order valence-corrected chi connectivity index (χ0v) is 16.2. The second-order valence-electron chi connectivity index (χ2n) is 5.84. The van der Waals surface area contributed by atoms with Crippen LogP contribution in [0.4, 0.5) is 11.4 Å². The molecule has 8 heteroatoms. The molecule has 0 radical (unpaired) electrons. The second-order valence-corrected chi connectivity index (χ2v) is 6.28. The number of carbonyl (C=O) groups excluding carboxylic acids is 2. The first-order valence-electron chi connectivity index (χ1n) is 8.17. The number of hydrogen-bond donors (Lipinski definition) is 2. The number of likely N-dealkylation sites (N-methyl/N-ethyl adjacent to an activating group) is 1. The molecule has 2 aromatic carbocycles. The third-order valence-corrected chi connectivity index (χ3v) is 3.89. The first kappa shape index (κ1) is 20.5. The molecule has 2 amide bonds. The van der Waals surface area contributed by atoms with Gasteiger partial charge in [0.15, 0.2) is 0 Å². The quantitative estimate of drug-likeness (QED) is 0.723. The molecule has 0 fully saturated rings. The van der Waals surface area contributed by atoms with E-state index in [4.69, 9.17) is 21.1 Å². The molecule has 27 heavy (non-hydrogen) atoms. The summed E-state index contributed by atoms with van der Waals surface area (Å²) < 4.78 is 10.4. The van der Waals surface area contributed by atoms with Crippen molar-refractivity contribution in [3.05, 3.63) is 47.5 Å². The average Bonchev–Trinajstić information content (AvgIpc) is 2.63. The van der Waals surface area contributed by atoms with Gasteiger partial charge in [0.25, 0.3) is 0 Å². The summed E-state index contributed by atoms with van der Waals surface area (Å²) in [6.45, 7) is 0.0969. The van der Waals surface area contributed by atoms with E-state index in [1.54, 1.807) is 61.5 Å². The fraction of sp³-hybridized carbons (Fsp3) is 0.263. The van der Waals surface area contributed by atoms with E-state index in [0.29, 0.717) is 27.9 Å². The molecular weight excluding hydrogens is 370 g/mol. The zero-order chi connectivity index (χ0) is 19.8. The fourth-order valence-corrected chi connectivity index (χ4v) is 2.51. The summed E-state index contributed by atoms with van der Waals surface area (Å²) in [6, 6.07) is 11.9. The predicted molar refractivity (Wildman–Crippen MR) is 106 cm³/mol. The lowest BCUT2D eigenvalue weighted by molar-refractivity contribution is -0.119. The van der Waals surface area contributed by atoms with Crippen LogP contribution in [0.5, 0.6) is 11.5 Å². The number of carbonyl (C=O) groups is 2. The van der Waals surface area contributed by atoms with Gasteiger partial charge in [0.2, 0.25) is 11.8 Å². The minimum atomic E-state index is -0.275. The highest BCUT2D eigenvalue weighted by Crippen LogP contribution is 2.28. The van der Waals surface area contributed by atoms with Gasteiger partial charge in [-0.05, 0) is 43.4 Å². The maximum absolute atomic E-state index is 12.3. The van der Waals surface area contributed by atoms with Crippen molar-refractivity contribution in [1.82, 2.24) is 4.90 Å². The van der Waals surface area contributed by atoms with E-state index >= 15 is 0 Å². The van der Waals surface area contributed by atoms with E-state index in [1.807, 2.05) is 0 Å². The normalized spacial score (nSPS) is 10.4. The molecule has 0 unspecified atom stereocenters. The number of benzene rings is 2. The molecule has 0 bridgehead atoms. The van der Waals surface area contributed by atoms with Gasteiger partial charge < -0.3 is 20.1 Å². The molecule has 2 N–H and O–H groups in total. The van der Waals surface area contributed by atoms with Crippen molar-refractivity contribution in [2.75, 3.05) is 45.0 Å². The second kappa shape index (κ2) is 9.80. The van der Waals surface area contributed by atoms with E-state index < -0.39 is 0 Å². The van der Waals surface area contributed by atoms with Gasteiger partial charge in [0, 0.05) is 16.8 Å². The van der Waals surface area contributed by atoms with Crippen LogP contribution in [0.2, 0.25) is 5.02 Å². The first-order chi connectivity index (χ1) is 12.9. The lowest BCUT2D eigenvalue weighted by atomic mass is 10.2. The van der Waals surface area contributed by atoms with Crippen molar-refractivity contribution in [2.24, 2.45) is 0 Å². The van der Waals surface area contributed by atoms with E-state index in [1.165, 1.54) is 7.11 Å². The maximum atomic E-state index is 12.3. The Labute approximate surface area is 163 Å². The van der Waals surface area contributed by atoms with Crippen LogP contribution in [0.1, 0.15) is 0 Å². The van der Waals surface area contributed by atoms with Gasteiger partial charge in [0.05, 0.1) is 33.0 Å². The van der Waals surface area contributed by atoms with Crippen molar-refractivity contribution in [3.8, 4) is 11.5 Å². The molecule has 7 nitrogen and oxygen atoms in total. The average molecular weight is 392 g/mol. The van der Waals surface area contributed by atoms with Gasteiger partial charge in [-0.1, -0.05) is 11.6 Å². The number of hydrogen-bond acceptors (Lipinski definition) is 5. The SMILES string of the molecule is COc1ccc(OC)c(NC(=O)CN(C)CC(=O)Nc2ccc(Cl)cc2)c1. The van der Waals surface area contributed by atoms with Crippen LogP contribution >= 0.6 is 11.6 Å². The molecule has 0 heterocycles. The number of nitrogens with zero attached hydrogens (tertiary/aromatic N) is 1. The van der Waals surface area contributed by atoms with Crippen molar-refractivity contribution >= 4 is 34.8 Å². The number of halogens is 1. The smallest absolute Gasteiger partial charge is 0.238 e. The summed E-state index contributed by atoms with van der Waals surface area (Å²) in [4.78, 5) is 26.0. The van der Waals surface area contributed by atoms with Crippen molar-refractivity contribution < 1.29 is 19.1 Å². The molecule has 0 aliphatic heterocycles. The van der Waals surface area contributed by atoms with Crippen LogP contribution in [0, 0.1) is 0 Å². The zero-order valence-electron chi connectivity index (χ0n) is 15.4. The Morgan fingerprint density at radius 2 is 1.59 bits per heavy atom. The molecule has 0 aromatic heterocycles. The maximum Gasteiger partial charge on any atom is 0.238 e. The highest BCUT2D eigenvalue weighted by molar-refractivity contribution is 6.30. The summed E-state index contributed by atoms with van der Waals surface area (Å²) in [6.07, 6.45) is 0. The minimum absolute atomic E-state index is 0.0361. The summed E-state index contributed by atoms with van der Waals surface area (Å²) in [5.41, 5.74) is 1.14. The van der Waals surface area contributed by atoms with Gasteiger partial charge in [-0.3, -0.25) is 14.5 Å². The minimum Gasteiger partial charge on any atom is -0.497 e. The Hall–Kier alpha value is -2.77. The van der Waals surface area contributed by atoms with Crippen LogP contribution in [-0.4, -0.2) is 51.1 Å². The van der Waals surface area contributed by atoms with E-state index in [2.05, 4.69) is 10.6 Å². The molecule has 144 valence electrons. The number of amides is 2. The molecule has 0 saturated carbocycles. The topological polar surface area (TPSA) is 79.9 Å². The standard InChI is InChI=1S/C19H22ClN3O4/c1-23(11-18(24)21-14-6-4-13(20)5-7-14)12-19(25)22-16-10-15(26-2)8-9-17(16)27-3/h4-10H,11-12H2,1-3H3,(H,21,24)(H,22,25). The Kier molecular flexibility index (Phi) is 7.45. The lowest BCUT2D eigenvalue weighted by Gasteiger charge is -2.17. The highest BCUT2D eigenvalue weighted by atomic mass is 35.5. The third kappa shape index (κ3) is 6.47. The van der Waals surface area contributed by atoms with Crippen LogP contribution in [0.25, 0.3) is 0 Å². The molecule has 0 saturated heterocycles.